The highest BCUT2D eigenvalue weighted by atomic mass is 35.5. The van der Waals surface area contributed by atoms with Gasteiger partial charge in [-0.1, -0.05) is 17.7 Å². The Kier molecular flexibility index (Phi) is 5.96. The molecule has 0 aromatic heterocycles. The number of halogens is 2. The second kappa shape index (κ2) is 7.73. The van der Waals surface area contributed by atoms with Crippen molar-refractivity contribution >= 4 is 17.6 Å². The molecule has 21 heavy (non-hydrogen) atoms. The van der Waals surface area contributed by atoms with Crippen LogP contribution < -0.4 is 5.32 Å². The van der Waals surface area contributed by atoms with Crippen LogP contribution in [-0.2, 0) is 9.53 Å². The first kappa shape index (κ1) is 16.2. The zero-order valence-electron chi connectivity index (χ0n) is 12.1. The van der Waals surface area contributed by atoms with E-state index in [0.29, 0.717) is 12.2 Å². The molecule has 1 aliphatic heterocycles. The first-order valence-corrected chi connectivity index (χ1v) is 7.57. The van der Waals surface area contributed by atoms with Crippen LogP contribution in [0.3, 0.4) is 0 Å². The van der Waals surface area contributed by atoms with Crippen LogP contribution in [0.1, 0.15) is 24.9 Å². The van der Waals surface area contributed by atoms with Crippen LogP contribution in [0.5, 0.6) is 0 Å². The van der Waals surface area contributed by atoms with Crippen molar-refractivity contribution in [1.82, 2.24) is 10.2 Å². The molecule has 1 fully saturated rings. The maximum Gasteiger partial charge on any atom is 0.328 e. The summed E-state index contributed by atoms with van der Waals surface area (Å²) in [6, 6.07) is 3.86. The minimum Gasteiger partial charge on any atom is -0.465 e. The molecule has 0 bridgehead atoms. The van der Waals surface area contributed by atoms with E-state index in [1.165, 1.54) is 12.1 Å². The number of ether oxygens (including phenoxy) is 1. The zero-order chi connectivity index (χ0) is 15.2. The van der Waals surface area contributed by atoms with Gasteiger partial charge in [0.1, 0.15) is 11.9 Å². The van der Waals surface area contributed by atoms with Crippen molar-refractivity contribution in [3.63, 3.8) is 0 Å². The second-order valence-electron chi connectivity index (χ2n) is 4.97. The summed E-state index contributed by atoms with van der Waals surface area (Å²) in [6.07, 6.45) is 0.949. The molecule has 1 N–H and O–H groups in total. The van der Waals surface area contributed by atoms with E-state index in [1.807, 2.05) is 0 Å². The van der Waals surface area contributed by atoms with Crippen molar-refractivity contribution in [2.75, 3.05) is 32.8 Å². The smallest absolute Gasteiger partial charge is 0.328 e. The number of benzene rings is 1. The first-order valence-electron chi connectivity index (χ1n) is 7.20. The van der Waals surface area contributed by atoms with Crippen LogP contribution in [0.25, 0.3) is 0 Å². The third-order valence-electron chi connectivity index (χ3n) is 3.51. The second-order valence-corrected chi connectivity index (χ2v) is 5.37. The Morgan fingerprint density at radius 3 is 3.00 bits per heavy atom. The Morgan fingerprint density at radius 2 is 2.29 bits per heavy atom. The summed E-state index contributed by atoms with van der Waals surface area (Å²) in [6.45, 7) is 5.35. The molecule has 4 nitrogen and oxygen atoms in total. The van der Waals surface area contributed by atoms with Crippen LogP contribution in [-0.4, -0.2) is 43.7 Å². The highest BCUT2D eigenvalue weighted by Gasteiger charge is 2.29. The standard InChI is InChI=1S/C15H20ClFN2O2/c1-2-21-15(20)14(19-8-3-6-18-7-9-19)11-4-5-13(17)12(16)10-11/h4-5,10,14,18H,2-3,6-9H2,1H3. The van der Waals surface area contributed by atoms with Crippen LogP contribution >= 0.6 is 11.6 Å². The Morgan fingerprint density at radius 1 is 1.48 bits per heavy atom. The lowest BCUT2D eigenvalue weighted by atomic mass is 10.0. The van der Waals surface area contributed by atoms with Gasteiger partial charge in [0.25, 0.3) is 0 Å². The number of carbonyl (C=O) groups excluding carboxylic acids is 1. The van der Waals surface area contributed by atoms with Gasteiger partial charge in [0.05, 0.1) is 11.6 Å². The van der Waals surface area contributed by atoms with Crippen LogP contribution in [0, 0.1) is 5.82 Å². The molecule has 6 heteroatoms. The Hall–Kier alpha value is -1.17. The van der Waals surface area contributed by atoms with Gasteiger partial charge in [-0.3, -0.25) is 4.90 Å². The van der Waals surface area contributed by atoms with Crippen molar-refractivity contribution in [2.24, 2.45) is 0 Å². The Labute approximate surface area is 129 Å². The molecule has 1 unspecified atom stereocenters. The van der Waals surface area contributed by atoms with Crippen LogP contribution in [0.2, 0.25) is 5.02 Å². The number of hydrogen-bond acceptors (Lipinski definition) is 4. The fourth-order valence-corrected chi connectivity index (χ4v) is 2.71. The highest BCUT2D eigenvalue weighted by molar-refractivity contribution is 6.30. The summed E-state index contributed by atoms with van der Waals surface area (Å²) in [7, 11) is 0. The molecule has 1 atom stereocenters. The molecular formula is C15H20ClFN2O2. The minimum atomic E-state index is -0.539. The van der Waals surface area contributed by atoms with Gasteiger partial charge in [-0.2, -0.15) is 0 Å². The molecule has 0 aliphatic carbocycles. The molecule has 0 saturated carbocycles. The molecule has 1 heterocycles. The highest BCUT2D eigenvalue weighted by Crippen LogP contribution is 2.27. The largest absolute Gasteiger partial charge is 0.465 e. The lowest BCUT2D eigenvalue weighted by molar-refractivity contribution is -0.149. The number of rotatable bonds is 4. The molecule has 1 aliphatic rings. The van der Waals surface area contributed by atoms with Gasteiger partial charge in [-0.05, 0) is 37.6 Å². The molecule has 1 saturated heterocycles. The van der Waals surface area contributed by atoms with E-state index in [2.05, 4.69) is 10.2 Å². The lowest BCUT2D eigenvalue weighted by Crippen LogP contribution is -2.37. The van der Waals surface area contributed by atoms with E-state index < -0.39 is 11.9 Å². The summed E-state index contributed by atoms with van der Waals surface area (Å²) < 4.78 is 18.5. The monoisotopic (exact) mass is 314 g/mol. The van der Waals surface area contributed by atoms with Crippen molar-refractivity contribution in [1.29, 1.82) is 0 Å². The van der Waals surface area contributed by atoms with E-state index in [-0.39, 0.29) is 11.0 Å². The number of nitrogens with zero attached hydrogens (tertiary/aromatic N) is 1. The van der Waals surface area contributed by atoms with Crippen molar-refractivity contribution < 1.29 is 13.9 Å². The number of carbonyl (C=O) groups is 1. The molecule has 2 rings (SSSR count). The van der Waals surface area contributed by atoms with Gasteiger partial charge in [0, 0.05) is 19.6 Å². The quantitative estimate of drug-likeness (QED) is 0.866. The molecule has 0 radical (unpaired) electrons. The first-order chi connectivity index (χ1) is 10.1. The van der Waals surface area contributed by atoms with Crippen molar-refractivity contribution in [3.05, 3.63) is 34.6 Å². The lowest BCUT2D eigenvalue weighted by Gasteiger charge is -2.29. The number of nitrogens with one attached hydrogen (secondary N) is 1. The van der Waals surface area contributed by atoms with Gasteiger partial charge < -0.3 is 10.1 Å². The number of hydrogen-bond donors (Lipinski definition) is 1. The van der Waals surface area contributed by atoms with E-state index in [4.69, 9.17) is 16.3 Å². The van der Waals surface area contributed by atoms with Gasteiger partial charge in [0.2, 0.25) is 0 Å². The van der Waals surface area contributed by atoms with Gasteiger partial charge >= 0.3 is 5.97 Å². The Balaban J connectivity index is 2.29. The molecule has 1 aromatic carbocycles. The van der Waals surface area contributed by atoms with E-state index in [0.717, 1.165) is 32.6 Å². The fraction of sp³-hybridized carbons (Fsp3) is 0.533. The minimum absolute atomic E-state index is 0.0229. The normalized spacial score (nSPS) is 18.0. The van der Waals surface area contributed by atoms with Crippen LogP contribution in [0.4, 0.5) is 4.39 Å². The average Bonchev–Trinajstić information content (AvgIpc) is 2.72. The predicted molar refractivity (Wildman–Crippen MR) is 79.8 cm³/mol. The van der Waals surface area contributed by atoms with Crippen molar-refractivity contribution in [3.8, 4) is 0 Å². The Bertz CT molecular complexity index is 491. The SMILES string of the molecule is CCOC(=O)C(c1ccc(F)c(Cl)c1)N1CCCNCC1. The maximum atomic E-state index is 13.3. The summed E-state index contributed by atoms with van der Waals surface area (Å²) in [5.41, 5.74) is 0.668. The third kappa shape index (κ3) is 4.15. The van der Waals surface area contributed by atoms with E-state index in [1.54, 1.807) is 13.0 Å². The number of esters is 1. The summed E-state index contributed by atoms with van der Waals surface area (Å²) >= 11 is 5.85. The van der Waals surface area contributed by atoms with E-state index >= 15 is 0 Å². The van der Waals surface area contributed by atoms with Gasteiger partial charge in [-0.25, -0.2) is 9.18 Å². The van der Waals surface area contributed by atoms with Gasteiger partial charge in [-0.15, -0.1) is 0 Å². The third-order valence-corrected chi connectivity index (χ3v) is 3.80. The average molecular weight is 315 g/mol. The zero-order valence-corrected chi connectivity index (χ0v) is 12.8. The van der Waals surface area contributed by atoms with E-state index in [9.17, 15) is 9.18 Å². The molecule has 0 amide bonds. The summed E-state index contributed by atoms with van der Waals surface area (Å²) in [5, 5.41) is 3.32. The molecule has 116 valence electrons. The van der Waals surface area contributed by atoms with Gasteiger partial charge in [0.15, 0.2) is 0 Å². The maximum absolute atomic E-state index is 13.3. The molecule has 1 aromatic rings. The van der Waals surface area contributed by atoms with Crippen LogP contribution in [0.15, 0.2) is 18.2 Å². The molecular weight excluding hydrogens is 295 g/mol. The predicted octanol–water partition coefficient (Wildman–Crippen LogP) is 2.38. The summed E-state index contributed by atoms with van der Waals surface area (Å²) in [4.78, 5) is 14.4. The topological polar surface area (TPSA) is 41.6 Å². The summed E-state index contributed by atoms with van der Waals surface area (Å²) in [5.74, 6) is -0.803. The molecule has 0 spiro atoms. The van der Waals surface area contributed by atoms with Crippen molar-refractivity contribution in [2.45, 2.75) is 19.4 Å². The fourth-order valence-electron chi connectivity index (χ4n) is 2.52.